The van der Waals surface area contributed by atoms with Crippen LogP contribution in [0.1, 0.15) is 32.1 Å². The Morgan fingerprint density at radius 1 is 1.26 bits per heavy atom. The molecule has 0 heterocycles. The van der Waals surface area contributed by atoms with Crippen LogP contribution in [0.25, 0.3) is 0 Å². The maximum Gasteiger partial charge on any atom is 0.321 e. The first-order valence-electron chi connectivity index (χ1n) is 7.49. The largest absolute Gasteiger partial charge is 0.480 e. The fraction of sp³-hybridized carbons (Fsp3) is 0.467. The minimum absolute atomic E-state index is 0.0747. The summed E-state index contributed by atoms with van der Waals surface area (Å²) in [5.41, 5.74) is 0.319. The molecule has 1 amide bonds. The van der Waals surface area contributed by atoms with Gasteiger partial charge in [0.1, 0.15) is 6.04 Å². The molecule has 1 aromatic carbocycles. The van der Waals surface area contributed by atoms with Crippen molar-refractivity contribution in [3.8, 4) is 0 Å². The number of rotatable bonds is 7. The van der Waals surface area contributed by atoms with Crippen LogP contribution in [-0.2, 0) is 9.59 Å². The number of nitrogens with one attached hydrogen (secondary N) is 2. The number of carboxylic acid groups (broad SMARTS) is 1. The Morgan fingerprint density at radius 3 is 2.39 bits per heavy atom. The summed E-state index contributed by atoms with van der Waals surface area (Å²) in [6, 6.07) is 4.59. The Morgan fingerprint density at radius 2 is 1.87 bits per heavy atom. The first-order valence-corrected chi connectivity index (χ1v) is 7.49. The molecule has 1 fully saturated rings. The molecular formula is C15H19N3O5. The number of carboxylic acids is 1. The van der Waals surface area contributed by atoms with Gasteiger partial charge in [-0.1, -0.05) is 12.8 Å². The number of hydrogen-bond donors (Lipinski definition) is 3. The summed E-state index contributed by atoms with van der Waals surface area (Å²) in [7, 11) is 0. The summed E-state index contributed by atoms with van der Waals surface area (Å²) in [5.74, 6) is -1.51. The summed E-state index contributed by atoms with van der Waals surface area (Å²) in [6.07, 6.45) is 3.79. The number of aliphatic carboxylic acids is 1. The van der Waals surface area contributed by atoms with Gasteiger partial charge in [0.2, 0.25) is 5.91 Å². The van der Waals surface area contributed by atoms with Crippen LogP contribution in [0.3, 0.4) is 0 Å². The van der Waals surface area contributed by atoms with Crippen molar-refractivity contribution >= 4 is 23.3 Å². The van der Waals surface area contributed by atoms with Crippen molar-refractivity contribution < 1.29 is 19.6 Å². The van der Waals surface area contributed by atoms with Gasteiger partial charge < -0.3 is 15.7 Å². The molecule has 1 aliphatic rings. The molecule has 3 N–H and O–H groups in total. The monoisotopic (exact) mass is 321 g/mol. The number of nitro benzene ring substituents is 1. The highest BCUT2D eigenvalue weighted by molar-refractivity contribution is 5.94. The van der Waals surface area contributed by atoms with Gasteiger partial charge in [0.05, 0.1) is 11.3 Å². The molecule has 2 rings (SSSR count). The van der Waals surface area contributed by atoms with Crippen LogP contribution in [0, 0.1) is 10.1 Å². The molecule has 23 heavy (non-hydrogen) atoms. The second kappa shape index (κ2) is 7.68. The van der Waals surface area contributed by atoms with E-state index >= 15 is 0 Å². The number of nitro groups is 1. The van der Waals surface area contributed by atoms with Crippen LogP contribution in [0.2, 0.25) is 0 Å². The van der Waals surface area contributed by atoms with E-state index in [1.807, 2.05) is 0 Å². The molecule has 8 nitrogen and oxygen atoms in total. The van der Waals surface area contributed by atoms with Crippen LogP contribution in [-0.4, -0.2) is 34.0 Å². The molecule has 1 saturated carbocycles. The lowest BCUT2D eigenvalue weighted by molar-refractivity contribution is -0.384. The Balaban J connectivity index is 1.90. The Labute approximate surface area is 133 Å². The van der Waals surface area contributed by atoms with E-state index in [0.717, 1.165) is 25.7 Å². The van der Waals surface area contributed by atoms with Gasteiger partial charge in [-0.3, -0.25) is 19.7 Å². The minimum atomic E-state index is -1.06. The van der Waals surface area contributed by atoms with Crippen LogP contribution < -0.4 is 10.6 Å². The number of nitrogens with zero attached hydrogens (tertiary/aromatic N) is 1. The molecule has 1 unspecified atom stereocenters. The van der Waals surface area contributed by atoms with Gasteiger partial charge in [0, 0.05) is 23.9 Å². The number of carbonyl (C=O) groups excluding carboxylic acids is 1. The predicted molar refractivity (Wildman–Crippen MR) is 83.2 cm³/mol. The summed E-state index contributed by atoms with van der Waals surface area (Å²) >= 11 is 0. The minimum Gasteiger partial charge on any atom is -0.480 e. The second-order valence-electron chi connectivity index (χ2n) is 5.60. The molecule has 0 radical (unpaired) electrons. The average Bonchev–Trinajstić information content (AvgIpc) is 3.00. The number of anilines is 1. The molecule has 1 aromatic rings. The number of carbonyl (C=O) groups is 2. The molecule has 0 aliphatic heterocycles. The topological polar surface area (TPSA) is 122 Å². The quantitative estimate of drug-likeness (QED) is 0.521. The fourth-order valence-corrected chi connectivity index (χ4v) is 2.66. The lowest BCUT2D eigenvalue weighted by atomic mass is 10.1. The van der Waals surface area contributed by atoms with Gasteiger partial charge >= 0.3 is 5.97 Å². The molecule has 124 valence electrons. The van der Waals surface area contributed by atoms with Crippen molar-refractivity contribution in [1.29, 1.82) is 0 Å². The maximum absolute atomic E-state index is 12.0. The average molecular weight is 321 g/mol. The number of amides is 1. The zero-order valence-corrected chi connectivity index (χ0v) is 12.5. The van der Waals surface area contributed by atoms with E-state index in [-0.39, 0.29) is 18.2 Å². The Bertz CT molecular complexity index is 581. The van der Waals surface area contributed by atoms with E-state index in [1.54, 1.807) is 0 Å². The van der Waals surface area contributed by atoms with Gasteiger partial charge in [-0.05, 0) is 25.0 Å². The van der Waals surface area contributed by atoms with Crippen LogP contribution >= 0.6 is 0 Å². The third kappa shape index (κ3) is 5.03. The zero-order chi connectivity index (χ0) is 16.8. The summed E-state index contributed by atoms with van der Waals surface area (Å²) in [6.45, 7) is 0. The highest BCUT2D eigenvalue weighted by atomic mass is 16.6. The molecule has 0 aromatic heterocycles. The molecular weight excluding hydrogens is 302 g/mol. The van der Waals surface area contributed by atoms with Gasteiger partial charge in [-0.15, -0.1) is 0 Å². The highest BCUT2D eigenvalue weighted by Crippen LogP contribution is 2.19. The van der Waals surface area contributed by atoms with E-state index in [2.05, 4.69) is 10.6 Å². The summed E-state index contributed by atoms with van der Waals surface area (Å²) in [4.78, 5) is 33.3. The standard InChI is InChI=1S/C15H19N3O5/c19-14(17-11-5-7-12(8-6-11)18(22)23)9-13(15(20)21)16-10-3-1-2-4-10/h5-8,10,13,16H,1-4,9H2,(H,17,19)(H,20,21). The van der Waals surface area contributed by atoms with E-state index in [0.29, 0.717) is 5.69 Å². The van der Waals surface area contributed by atoms with Crippen LogP contribution in [0.15, 0.2) is 24.3 Å². The van der Waals surface area contributed by atoms with Gasteiger partial charge in [-0.25, -0.2) is 0 Å². The second-order valence-corrected chi connectivity index (χ2v) is 5.60. The Hall–Kier alpha value is -2.48. The lowest BCUT2D eigenvalue weighted by Crippen LogP contribution is -2.44. The number of hydrogen-bond acceptors (Lipinski definition) is 5. The molecule has 1 atom stereocenters. The lowest BCUT2D eigenvalue weighted by Gasteiger charge is -2.19. The first kappa shape index (κ1) is 16.9. The first-order chi connectivity index (χ1) is 11.0. The van der Waals surface area contributed by atoms with Crippen molar-refractivity contribution in [2.45, 2.75) is 44.2 Å². The smallest absolute Gasteiger partial charge is 0.321 e. The van der Waals surface area contributed by atoms with Crippen molar-refractivity contribution in [2.24, 2.45) is 0 Å². The molecule has 0 spiro atoms. The molecule has 8 heteroatoms. The molecule has 0 bridgehead atoms. The van der Waals surface area contributed by atoms with E-state index < -0.39 is 22.8 Å². The number of benzene rings is 1. The Kier molecular flexibility index (Phi) is 5.64. The van der Waals surface area contributed by atoms with Gasteiger partial charge in [-0.2, -0.15) is 0 Å². The molecule has 1 aliphatic carbocycles. The van der Waals surface area contributed by atoms with E-state index in [4.69, 9.17) is 0 Å². The van der Waals surface area contributed by atoms with Crippen LogP contribution in [0.5, 0.6) is 0 Å². The van der Waals surface area contributed by atoms with E-state index in [9.17, 15) is 24.8 Å². The SMILES string of the molecule is O=C(CC(NC1CCCC1)C(=O)O)Nc1ccc([N+](=O)[O-])cc1. The fourth-order valence-electron chi connectivity index (χ4n) is 2.66. The predicted octanol–water partition coefficient (Wildman–Crippen LogP) is 1.91. The summed E-state index contributed by atoms with van der Waals surface area (Å²) in [5, 5.41) is 25.4. The number of non-ortho nitro benzene ring substituents is 1. The van der Waals surface area contributed by atoms with Crippen molar-refractivity contribution in [2.75, 3.05) is 5.32 Å². The van der Waals surface area contributed by atoms with E-state index in [1.165, 1.54) is 24.3 Å². The van der Waals surface area contributed by atoms with Crippen LogP contribution in [0.4, 0.5) is 11.4 Å². The maximum atomic E-state index is 12.0. The van der Waals surface area contributed by atoms with Crippen molar-refractivity contribution in [1.82, 2.24) is 5.32 Å². The van der Waals surface area contributed by atoms with Crippen molar-refractivity contribution in [3.05, 3.63) is 34.4 Å². The third-order valence-electron chi connectivity index (χ3n) is 3.84. The van der Waals surface area contributed by atoms with Crippen molar-refractivity contribution in [3.63, 3.8) is 0 Å². The third-order valence-corrected chi connectivity index (χ3v) is 3.84. The summed E-state index contributed by atoms with van der Waals surface area (Å²) < 4.78 is 0. The zero-order valence-electron chi connectivity index (χ0n) is 12.5. The molecule has 0 saturated heterocycles. The highest BCUT2D eigenvalue weighted by Gasteiger charge is 2.26. The normalized spacial score (nSPS) is 16.0. The van der Waals surface area contributed by atoms with Gasteiger partial charge in [0.15, 0.2) is 0 Å². The van der Waals surface area contributed by atoms with Gasteiger partial charge in [0.25, 0.3) is 5.69 Å².